The van der Waals surface area contributed by atoms with Crippen LogP contribution in [0.25, 0.3) is 0 Å². The molecule has 0 rings (SSSR count). The van der Waals surface area contributed by atoms with Crippen LogP contribution in [0.4, 0.5) is 0 Å². The molecule has 0 bridgehead atoms. The third-order valence-corrected chi connectivity index (χ3v) is 1.48. The number of likely N-dealkylation sites (N-methyl/N-ethyl adjacent to an activating group) is 2. The molecule has 0 fully saturated rings. The van der Waals surface area contributed by atoms with E-state index in [1.54, 1.807) is 14.9 Å². The van der Waals surface area contributed by atoms with Crippen molar-refractivity contribution in [1.29, 1.82) is 0 Å². The van der Waals surface area contributed by atoms with E-state index in [1.165, 1.54) is 4.90 Å². The number of amides is 2. The van der Waals surface area contributed by atoms with E-state index in [0.29, 0.717) is 12.9 Å². The molecule has 12 heavy (non-hydrogen) atoms. The Labute approximate surface area is 73.7 Å². The lowest BCUT2D eigenvalue weighted by Crippen LogP contribution is -2.37. The molecule has 0 saturated heterocycles. The Morgan fingerprint density at radius 1 is 1.50 bits per heavy atom. The van der Waals surface area contributed by atoms with Gasteiger partial charge in [0.1, 0.15) is 7.85 Å². The fourth-order valence-corrected chi connectivity index (χ4v) is 0.827. The zero-order chi connectivity index (χ0) is 9.56. The van der Waals surface area contributed by atoms with Gasteiger partial charge < -0.3 is 10.2 Å². The maximum absolute atomic E-state index is 11.0. The minimum Gasteiger partial charge on any atom is -0.355 e. The second-order valence-electron chi connectivity index (χ2n) is 2.56. The minimum atomic E-state index is -0.109. The lowest BCUT2D eigenvalue weighted by atomic mass is 10.0. The normalized spacial score (nSPS) is 9.17. The van der Waals surface area contributed by atoms with Crippen molar-refractivity contribution in [2.75, 3.05) is 20.1 Å². The van der Waals surface area contributed by atoms with Gasteiger partial charge in [0.15, 0.2) is 0 Å². The zero-order valence-electron chi connectivity index (χ0n) is 7.89. The molecule has 0 aromatic carbocycles. The topological polar surface area (TPSA) is 49.4 Å². The summed E-state index contributed by atoms with van der Waals surface area (Å²) in [4.78, 5) is 23.4. The molecule has 0 aliphatic carbocycles. The zero-order valence-corrected chi connectivity index (χ0v) is 7.89. The fourth-order valence-electron chi connectivity index (χ4n) is 0.827. The predicted octanol–water partition coefficient (Wildman–Crippen LogP) is -1.37. The Balaban J connectivity index is 3.75. The van der Waals surface area contributed by atoms with Crippen molar-refractivity contribution in [1.82, 2.24) is 10.2 Å². The number of nitrogens with one attached hydrogen (secondary N) is 1. The highest BCUT2D eigenvalue weighted by atomic mass is 16.2. The van der Waals surface area contributed by atoms with Gasteiger partial charge in [-0.1, -0.05) is 0 Å². The number of nitrogens with zero attached hydrogens (tertiary/aromatic N) is 1. The van der Waals surface area contributed by atoms with Gasteiger partial charge in [-0.2, -0.15) is 0 Å². The van der Waals surface area contributed by atoms with Gasteiger partial charge in [0.2, 0.25) is 11.8 Å². The number of hydrogen-bond acceptors (Lipinski definition) is 2. The van der Waals surface area contributed by atoms with Gasteiger partial charge in [0, 0.05) is 13.6 Å². The summed E-state index contributed by atoms with van der Waals surface area (Å²) in [6.07, 6.45) is 0.440. The molecule has 2 amide bonds. The first-order valence-corrected chi connectivity index (χ1v) is 4.12. The summed E-state index contributed by atoms with van der Waals surface area (Å²) in [5.74, 6) is -0.122. The van der Waals surface area contributed by atoms with Crippen molar-refractivity contribution in [3.05, 3.63) is 0 Å². The average Bonchev–Trinajstić information content (AvgIpc) is 2.03. The Morgan fingerprint density at radius 2 is 2.08 bits per heavy atom. The summed E-state index contributed by atoms with van der Waals surface area (Å²) < 4.78 is 0. The summed E-state index contributed by atoms with van der Waals surface area (Å²) in [6.45, 7) is 2.60. The van der Waals surface area contributed by atoms with Gasteiger partial charge in [-0.25, -0.2) is 0 Å². The molecular weight excluding hydrogens is 155 g/mol. The summed E-state index contributed by atoms with van der Waals surface area (Å²) in [6, 6.07) is 0. The van der Waals surface area contributed by atoms with Gasteiger partial charge in [-0.3, -0.25) is 9.59 Å². The van der Waals surface area contributed by atoms with E-state index in [1.807, 2.05) is 6.92 Å². The molecule has 68 valence electrons. The molecule has 0 radical (unpaired) electrons. The van der Waals surface area contributed by atoms with E-state index >= 15 is 0 Å². The summed E-state index contributed by atoms with van der Waals surface area (Å²) in [5, 5.41) is 2.62. The summed E-state index contributed by atoms with van der Waals surface area (Å²) >= 11 is 0. The monoisotopic (exact) mass is 170 g/mol. The van der Waals surface area contributed by atoms with Gasteiger partial charge in [-0.15, -0.1) is 0 Å². The van der Waals surface area contributed by atoms with Crippen LogP contribution in [0, 0.1) is 0 Å². The van der Waals surface area contributed by atoms with Gasteiger partial charge in [-0.05, 0) is 13.2 Å². The molecule has 0 aromatic rings. The standard InChI is InChI=1S/C7H15BN2O2/c1-3-9-6(11)5-10(2)7(12)4-8/h3-5,8H2,1-2H3,(H,9,11). The first kappa shape index (κ1) is 11.0. The molecule has 0 aliphatic heterocycles. The van der Waals surface area contributed by atoms with Crippen LogP contribution in [0.2, 0.25) is 6.32 Å². The first-order chi connectivity index (χ1) is 5.61. The Kier molecular flexibility index (Phi) is 5.16. The van der Waals surface area contributed by atoms with E-state index < -0.39 is 0 Å². The van der Waals surface area contributed by atoms with Crippen LogP contribution < -0.4 is 5.32 Å². The highest BCUT2D eigenvalue weighted by Crippen LogP contribution is 1.87. The predicted molar refractivity (Wildman–Crippen MR) is 49.7 cm³/mol. The Morgan fingerprint density at radius 3 is 2.50 bits per heavy atom. The molecular formula is C7H15BN2O2. The summed E-state index contributed by atoms with van der Waals surface area (Å²) in [7, 11) is 3.40. The molecule has 0 aromatic heterocycles. The smallest absolute Gasteiger partial charge is 0.239 e. The molecule has 0 atom stereocenters. The molecule has 4 nitrogen and oxygen atoms in total. The SMILES string of the molecule is BCC(=O)N(C)CC(=O)NCC. The molecule has 0 heterocycles. The highest BCUT2D eigenvalue weighted by molar-refractivity contribution is 6.19. The lowest BCUT2D eigenvalue weighted by molar-refractivity contribution is -0.132. The van der Waals surface area contributed by atoms with Crippen molar-refractivity contribution in [2.45, 2.75) is 13.2 Å². The van der Waals surface area contributed by atoms with Crippen LogP contribution in [-0.4, -0.2) is 44.7 Å². The van der Waals surface area contributed by atoms with Crippen LogP contribution >= 0.6 is 0 Å². The Bertz CT molecular complexity index is 173. The molecule has 1 N–H and O–H groups in total. The number of hydrogen-bond donors (Lipinski definition) is 1. The minimum absolute atomic E-state index is 0.0127. The quantitative estimate of drug-likeness (QED) is 0.529. The van der Waals surface area contributed by atoms with Crippen LogP contribution in [0.3, 0.4) is 0 Å². The highest BCUT2D eigenvalue weighted by Gasteiger charge is 2.09. The third-order valence-electron chi connectivity index (χ3n) is 1.48. The number of rotatable bonds is 4. The van der Waals surface area contributed by atoms with Crippen molar-refractivity contribution in [3.63, 3.8) is 0 Å². The van der Waals surface area contributed by atoms with Crippen LogP contribution in [0.15, 0.2) is 0 Å². The van der Waals surface area contributed by atoms with Crippen LogP contribution in [0.5, 0.6) is 0 Å². The molecule has 0 aliphatic rings. The van der Waals surface area contributed by atoms with E-state index in [9.17, 15) is 9.59 Å². The fraction of sp³-hybridized carbons (Fsp3) is 0.714. The summed E-state index contributed by atoms with van der Waals surface area (Å²) in [5.41, 5.74) is 0. The molecule has 0 spiro atoms. The van der Waals surface area contributed by atoms with E-state index in [4.69, 9.17) is 0 Å². The van der Waals surface area contributed by atoms with Crippen molar-refractivity contribution >= 4 is 19.7 Å². The molecule has 0 saturated carbocycles. The maximum Gasteiger partial charge on any atom is 0.239 e. The average molecular weight is 170 g/mol. The van der Waals surface area contributed by atoms with Gasteiger partial charge >= 0.3 is 0 Å². The second-order valence-corrected chi connectivity index (χ2v) is 2.56. The number of carbonyl (C=O) groups excluding carboxylic acids is 2. The van der Waals surface area contributed by atoms with Crippen molar-refractivity contribution in [2.24, 2.45) is 0 Å². The largest absolute Gasteiger partial charge is 0.355 e. The van der Waals surface area contributed by atoms with Gasteiger partial charge in [0.05, 0.1) is 6.54 Å². The number of carbonyl (C=O) groups is 2. The Hall–Kier alpha value is -0.995. The van der Waals surface area contributed by atoms with Crippen molar-refractivity contribution in [3.8, 4) is 0 Å². The molecule has 0 unspecified atom stereocenters. The third kappa shape index (κ3) is 4.00. The maximum atomic E-state index is 11.0. The second kappa shape index (κ2) is 5.63. The lowest BCUT2D eigenvalue weighted by Gasteiger charge is -2.15. The van der Waals surface area contributed by atoms with Gasteiger partial charge in [0.25, 0.3) is 0 Å². The van der Waals surface area contributed by atoms with Crippen molar-refractivity contribution < 1.29 is 9.59 Å². The molecule has 5 heteroatoms. The van der Waals surface area contributed by atoms with E-state index in [2.05, 4.69) is 5.32 Å². The van der Waals surface area contributed by atoms with Crippen LogP contribution in [0.1, 0.15) is 6.92 Å². The van der Waals surface area contributed by atoms with E-state index in [0.717, 1.165) is 0 Å². The van der Waals surface area contributed by atoms with E-state index in [-0.39, 0.29) is 18.4 Å². The van der Waals surface area contributed by atoms with Crippen LogP contribution in [-0.2, 0) is 9.59 Å². The first-order valence-electron chi connectivity index (χ1n) is 4.12.